The first kappa shape index (κ1) is 8.84. The van der Waals surface area contributed by atoms with E-state index in [9.17, 15) is 0 Å². The second kappa shape index (κ2) is 3.95. The van der Waals surface area contributed by atoms with Crippen LogP contribution in [0.4, 0.5) is 0 Å². The molecule has 1 rings (SSSR count). The molecule has 0 N–H and O–H groups in total. The van der Waals surface area contributed by atoms with Gasteiger partial charge >= 0.3 is 0 Å². The lowest BCUT2D eigenvalue weighted by Crippen LogP contribution is -1.94. The normalized spacial score (nSPS) is 9.58. The Hall–Kier alpha value is -1.25. The molecular weight excluding hydrogens is 154 g/mol. The number of hydrogen-bond donors (Lipinski definition) is 0. The molecule has 0 atom stereocenters. The van der Waals surface area contributed by atoms with E-state index in [-0.39, 0.29) is 0 Å². The highest BCUT2D eigenvalue weighted by molar-refractivity contribution is 5.30. The van der Waals surface area contributed by atoms with E-state index in [1.165, 1.54) is 0 Å². The molecule has 0 saturated carbocycles. The van der Waals surface area contributed by atoms with Gasteiger partial charge in [-0.1, -0.05) is 6.92 Å². The maximum atomic E-state index is 5.08. The number of methoxy groups -OCH3 is 2. The highest BCUT2D eigenvalue weighted by Crippen LogP contribution is 2.18. The van der Waals surface area contributed by atoms with E-state index in [0.717, 1.165) is 17.9 Å². The van der Waals surface area contributed by atoms with Crippen LogP contribution in [0.1, 0.15) is 12.6 Å². The Morgan fingerprint density at radius 3 is 2.50 bits per heavy atom. The third kappa shape index (κ3) is 1.87. The van der Waals surface area contributed by atoms with Gasteiger partial charge in [-0.3, -0.25) is 0 Å². The summed E-state index contributed by atoms with van der Waals surface area (Å²) >= 11 is 0. The van der Waals surface area contributed by atoms with Gasteiger partial charge in [0.15, 0.2) is 0 Å². The highest BCUT2D eigenvalue weighted by Gasteiger charge is 2.00. The van der Waals surface area contributed by atoms with Gasteiger partial charge in [0.1, 0.15) is 5.75 Å². The quantitative estimate of drug-likeness (QED) is 0.686. The van der Waals surface area contributed by atoms with Gasteiger partial charge in [-0.15, -0.1) is 0 Å². The maximum Gasteiger partial charge on any atom is 0.216 e. The van der Waals surface area contributed by atoms with Gasteiger partial charge in [0, 0.05) is 17.8 Å². The van der Waals surface area contributed by atoms with Crippen LogP contribution in [0.15, 0.2) is 12.1 Å². The summed E-state index contributed by atoms with van der Waals surface area (Å²) in [5.41, 5.74) is 0.978. The van der Waals surface area contributed by atoms with Crippen molar-refractivity contribution in [3.05, 3.63) is 17.8 Å². The van der Waals surface area contributed by atoms with E-state index in [4.69, 9.17) is 9.47 Å². The standard InChI is InChI=1S/C9H13NO2/c1-4-7-5-8(11-2)6-9(10-7)12-3/h5-6H,4H2,1-3H3. The zero-order chi connectivity index (χ0) is 8.97. The molecule has 3 heteroatoms. The molecule has 12 heavy (non-hydrogen) atoms. The van der Waals surface area contributed by atoms with Crippen molar-refractivity contribution >= 4 is 0 Å². The molecule has 0 aliphatic heterocycles. The van der Waals surface area contributed by atoms with Crippen molar-refractivity contribution in [2.45, 2.75) is 13.3 Å². The van der Waals surface area contributed by atoms with Crippen LogP contribution < -0.4 is 9.47 Å². The Balaban J connectivity index is 3.01. The van der Waals surface area contributed by atoms with E-state index in [1.807, 2.05) is 13.0 Å². The van der Waals surface area contributed by atoms with Crippen molar-refractivity contribution in [1.82, 2.24) is 4.98 Å². The first-order valence-electron chi connectivity index (χ1n) is 3.89. The Labute approximate surface area is 72.3 Å². The zero-order valence-electron chi connectivity index (χ0n) is 7.63. The number of nitrogens with zero attached hydrogens (tertiary/aromatic N) is 1. The third-order valence-corrected chi connectivity index (χ3v) is 1.64. The summed E-state index contributed by atoms with van der Waals surface area (Å²) in [6.45, 7) is 2.04. The molecule has 0 aliphatic rings. The minimum absolute atomic E-state index is 0.603. The fourth-order valence-corrected chi connectivity index (χ4v) is 0.937. The lowest BCUT2D eigenvalue weighted by atomic mass is 10.3. The van der Waals surface area contributed by atoms with E-state index in [2.05, 4.69) is 4.98 Å². The van der Waals surface area contributed by atoms with Gasteiger partial charge in [-0.25, -0.2) is 4.98 Å². The molecule has 1 aromatic heterocycles. The minimum atomic E-state index is 0.603. The summed E-state index contributed by atoms with van der Waals surface area (Å²) < 4.78 is 10.1. The second-order valence-electron chi connectivity index (χ2n) is 2.39. The predicted octanol–water partition coefficient (Wildman–Crippen LogP) is 1.66. The van der Waals surface area contributed by atoms with Crippen LogP contribution in [-0.4, -0.2) is 19.2 Å². The Bertz CT molecular complexity index is 205. The van der Waals surface area contributed by atoms with Crippen LogP contribution in [0.5, 0.6) is 11.6 Å². The molecule has 0 spiro atoms. The first-order valence-corrected chi connectivity index (χ1v) is 3.89. The molecule has 0 fully saturated rings. The van der Waals surface area contributed by atoms with Gasteiger partial charge in [0.2, 0.25) is 5.88 Å². The van der Waals surface area contributed by atoms with Crippen molar-refractivity contribution in [2.75, 3.05) is 14.2 Å². The first-order chi connectivity index (χ1) is 5.80. The van der Waals surface area contributed by atoms with Crippen LogP contribution in [-0.2, 0) is 6.42 Å². The van der Waals surface area contributed by atoms with Crippen LogP contribution in [0.2, 0.25) is 0 Å². The third-order valence-electron chi connectivity index (χ3n) is 1.64. The smallest absolute Gasteiger partial charge is 0.216 e. The molecule has 1 heterocycles. The number of aromatic nitrogens is 1. The number of ether oxygens (including phenoxy) is 2. The second-order valence-corrected chi connectivity index (χ2v) is 2.39. The lowest BCUT2D eigenvalue weighted by Gasteiger charge is -2.05. The molecule has 1 aromatic rings. The van der Waals surface area contributed by atoms with Crippen LogP contribution in [0, 0.1) is 0 Å². The average molecular weight is 167 g/mol. The molecule has 0 unspecified atom stereocenters. The van der Waals surface area contributed by atoms with Crippen molar-refractivity contribution in [3.63, 3.8) is 0 Å². The monoisotopic (exact) mass is 167 g/mol. The largest absolute Gasteiger partial charge is 0.496 e. The number of pyridine rings is 1. The summed E-state index contributed by atoms with van der Waals surface area (Å²) in [4.78, 5) is 4.22. The van der Waals surface area contributed by atoms with E-state index in [1.54, 1.807) is 20.3 Å². The summed E-state index contributed by atoms with van der Waals surface area (Å²) in [6, 6.07) is 3.67. The van der Waals surface area contributed by atoms with Gasteiger partial charge in [-0.05, 0) is 6.42 Å². The van der Waals surface area contributed by atoms with Gasteiger partial charge < -0.3 is 9.47 Å². The van der Waals surface area contributed by atoms with E-state index >= 15 is 0 Å². The minimum Gasteiger partial charge on any atom is -0.496 e. The number of aryl methyl sites for hydroxylation is 1. The SMILES string of the molecule is CCc1cc(OC)cc(OC)n1. The van der Waals surface area contributed by atoms with Crippen molar-refractivity contribution < 1.29 is 9.47 Å². The van der Waals surface area contributed by atoms with Crippen LogP contribution >= 0.6 is 0 Å². The summed E-state index contributed by atoms with van der Waals surface area (Å²) in [5, 5.41) is 0. The van der Waals surface area contributed by atoms with E-state index in [0.29, 0.717) is 5.88 Å². The molecule has 0 bridgehead atoms. The van der Waals surface area contributed by atoms with E-state index < -0.39 is 0 Å². The van der Waals surface area contributed by atoms with Gasteiger partial charge in [-0.2, -0.15) is 0 Å². The molecule has 3 nitrogen and oxygen atoms in total. The summed E-state index contributed by atoms with van der Waals surface area (Å²) in [7, 11) is 3.23. The van der Waals surface area contributed by atoms with Crippen LogP contribution in [0.25, 0.3) is 0 Å². The molecule has 0 aromatic carbocycles. The zero-order valence-corrected chi connectivity index (χ0v) is 7.63. The topological polar surface area (TPSA) is 31.4 Å². The van der Waals surface area contributed by atoms with Gasteiger partial charge in [0.25, 0.3) is 0 Å². The Morgan fingerprint density at radius 1 is 1.25 bits per heavy atom. The molecule has 0 radical (unpaired) electrons. The maximum absolute atomic E-state index is 5.08. The lowest BCUT2D eigenvalue weighted by molar-refractivity contribution is 0.380. The van der Waals surface area contributed by atoms with Gasteiger partial charge in [0.05, 0.1) is 14.2 Å². The van der Waals surface area contributed by atoms with Crippen molar-refractivity contribution in [2.24, 2.45) is 0 Å². The fraction of sp³-hybridized carbons (Fsp3) is 0.444. The molecule has 66 valence electrons. The summed E-state index contributed by atoms with van der Waals surface area (Å²) in [5.74, 6) is 1.39. The highest BCUT2D eigenvalue weighted by atomic mass is 16.5. The predicted molar refractivity (Wildman–Crippen MR) is 46.7 cm³/mol. The molecule has 0 amide bonds. The molecule has 0 saturated heterocycles. The fourth-order valence-electron chi connectivity index (χ4n) is 0.937. The summed E-state index contributed by atoms with van der Waals surface area (Å²) in [6.07, 6.45) is 0.882. The Kier molecular flexibility index (Phi) is 2.91. The van der Waals surface area contributed by atoms with Crippen LogP contribution in [0.3, 0.4) is 0 Å². The Morgan fingerprint density at radius 2 is 2.00 bits per heavy atom. The van der Waals surface area contributed by atoms with Crippen molar-refractivity contribution in [3.8, 4) is 11.6 Å². The average Bonchev–Trinajstić information content (AvgIpc) is 2.16. The molecular formula is C9H13NO2. The van der Waals surface area contributed by atoms with Crippen molar-refractivity contribution in [1.29, 1.82) is 0 Å². The number of hydrogen-bond acceptors (Lipinski definition) is 3. The number of rotatable bonds is 3. The molecule has 0 aliphatic carbocycles.